The summed E-state index contributed by atoms with van der Waals surface area (Å²) < 4.78 is 0. The van der Waals surface area contributed by atoms with Crippen molar-refractivity contribution in [3.05, 3.63) is 35.9 Å². The Bertz CT molecular complexity index is 527. The van der Waals surface area contributed by atoms with E-state index in [9.17, 15) is 9.59 Å². The molecule has 0 aromatic heterocycles. The minimum atomic E-state index is -0.932. The number of carboxylic acids is 1. The number of benzene rings is 1. The van der Waals surface area contributed by atoms with Crippen molar-refractivity contribution in [3.63, 3.8) is 0 Å². The minimum absolute atomic E-state index is 0.0820. The van der Waals surface area contributed by atoms with Gasteiger partial charge in [-0.3, -0.25) is 9.59 Å². The molecule has 6 nitrogen and oxygen atoms in total. The zero-order valence-corrected chi connectivity index (χ0v) is 11.2. The fraction of sp³-hybridized carbons (Fsp3) is 0.357. The van der Waals surface area contributed by atoms with Gasteiger partial charge in [-0.05, 0) is 5.56 Å². The normalized spacial score (nSPS) is 17.2. The Morgan fingerprint density at radius 3 is 2.75 bits per heavy atom. The van der Waals surface area contributed by atoms with Crippen molar-refractivity contribution in [2.75, 3.05) is 13.6 Å². The van der Waals surface area contributed by atoms with E-state index < -0.39 is 12.1 Å². The quantitative estimate of drug-likeness (QED) is 0.873. The van der Waals surface area contributed by atoms with E-state index in [0.717, 1.165) is 11.3 Å². The van der Waals surface area contributed by atoms with Gasteiger partial charge >= 0.3 is 5.97 Å². The van der Waals surface area contributed by atoms with Gasteiger partial charge < -0.3 is 14.8 Å². The number of carbonyl (C=O) groups excluding carboxylic acids is 1. The van der Waals surface area contributed by atoms with Crippen LogP contribution in [0, 0.1) is 0 Å². The highest BCUT2D eigenvalue weighted by Gasteiger charge is 2.31. The second kappa shape index (κ2) is 6.18. The lowest BCUT2D eigenvalue weighted by atomic mass is 10.0. The van der Waals surface area contributed by atoms with Crippen LogP contribution in [0.3, 0.4) is 0 Å². The van der Waals surface area contributed by atoms with Crippen LogP contribution in [0.15, 0.2) is 35.5 Å². The number of hydrogen-bond acceptors (Lipinski definition) is 4. The number of amides is 1. The predicted molar refractivity (Wildman–Crippen MR) is 72.4 cm³/mol. The number of likely N-dealkylation sites (N-methyl/N-ethyl adjacent to an activating group) is 1. The van der Waals surface area contributed by atoms with Crippen molar-refractivity contribution in [1.29, 1.82) is 0 Å². The van der Waals surface area contributed by atoms with Crippen LogP contribution in [0.2, 0.25) is 0 Å². The van der Waals surface area contributed by atoms with Crippen molar-refractivity contribution < 1.29 is 19.5 Å². The summed E-state index contributed by atoms with van der Waals surface area (Å²) in [7, 11) is 1.56. The third-order valence-electron chi connectivity index (χ3n) is 3.09. The first kappa shape index (κ1) is 14.0. The SMILES string of the molecule is CN(CCC(=O)O)C(=O)C1CC(c2ccccc2)=NO1. The van der Waals surface area contributed by atoms with Crippen molar-refractivity contribution in [2.24, 2.45) is 5.16 Å². The van der Waals surface area contributed by atoms with E-state index in [4.69, 9.17) is 9.94 Å². The van der Waals surface area contributed by atoms with Gasteiger partial charge in [-0.1, -0.05) is 35.5 Å². The number of aliphatic carboxylic acids is 1. The molecule has 1 aliphatic heterocycles. The lowest BCUT2D eigenvalue weighted by molar-refractivity contribution is -0.142. The van der Waals surface area contributed by atoms with E-state index >= 15 is 0 Å². The van der Waals surface area contributed by atoms with Gasteiger partial charge in [0.25, 0.3) is 5.91 Å². The number of nitrogens with zero attached hydrogens (tertiary/aromatic N) is 2. The molecule has 0 bridgehead atoms. The minimum Gasteiger partial charge on any atom is -0.481 e. The molecular formula is C14H16N2O4. The average molecular weight is 276 g/mol. The van der Waals surface area contributed by atoms with Crippen LogP contribution in [-0.2, 0) is 14.4 Å². The standard InChI is InChI=1S/C14H16N2O4/c1-16(8-7-13(17)18)14(19)12-9-11(15-20-12)10-5-3-2-4-6-10/h2-6,12H,7-9H2,1H3,(H,17,18). The molecule has 1 atom stereocenters. The highest BCUT2D eigenvalue weighted by Crippen LogP contribution is 2.18. The largest absolute Gasteiger partial charge is 0.481 e. The summed E-state index contributed by atoms with van der Waals surface area (Å²) in [6, 6.07) is 9.51. The van der Waals surface area contributed by atoms with E-state index in [1.54, 1.807) is 7.05 Å². The molecule has 0 spiro atoms. The number of carbonyl (C=O) groups is 2. The van der Waals surface area contributed by atoms with Gasteiger partial charge in [0.15, 0.2) is 0 Å². The summed E-state index contributed by atoms with van der Waals surface area (Å²) in [5, 5.41) is 12.5. The van der Waals surface area contributed by atoms with E-state index in [-0.39, 0.29) is 18.9 Å². The topological polar surface area (TPSA) is 79.2 Å². The van der Waals surface area contributed by atoms with Crippen LogP contribution >= 0.6 is 0 Å². The first-order chi connectivity index (χ1) is 9.58. The second-order valence-corrected chi connectivity index (χ2v) is 4.61. The molecule has 1 aromatic rings. The first-order valence-electron chi connectivity index (χ1n) is 6.33. The first-order valence-corrected chi connectivity index (χ1v) is 6.33. The predicted octanol–water partition coefficient (Wildman–Crippen LogP) is 1.11. The molecule has 1 aromatic carbocycles. The molecule has 0 aliphatic carbocycles. The Morgan fingerprint density at radius 1 is 1.40 bits per heavy atom. The Labute approximate surface area is 116 Å². The Hall–Kier alpha value is -2.37. The van der Waals surface area contributed by atoms with Crippen LogP contribution in [0.5, 0.6) is 0 Å². The summed E-state index contributed by atoms with van der Waals surface area (Å²) in [6.07, 6.45) is -0.342. The summed E-state index contributed by atoms with van der Waals surface area (Å²) >= 11 is 0. The van der Waals surface area contributed by atoms with Crippen molar-refractivity contribution in [2.45, 2.75) is 18.9 Å². The molecule has 2 rings (SSSR count). The Morgan fingerprint density at radius 2 is 2.10 bits per heavy atom. The maximum atomic E-state index is 12.1. The molecule has 1 heterocycles. The summed E-state index contributed by atoms with van der Waals surface area (Å²) in [5.74, 6) is -1.18. The van der Waals surface area contributed by atoms with Gasteiger partial charge in [-0.25, -0.2) is 0 Å². The Kier molecular flexibility index (Phi) is 4.34. The lowest BCUT2D eigenvalue weighted by Gasteiger charge is -2.18. The maximum Gasteiger partial charge on any atom is 0.305 e. The maximum absolute atomic E-state index is 12.1. The summed E-state index contributed by atoms with van der Waals surface area (Å²) in [4.78, 5) is 29.1. The van der Waals surface area contributed by atoms with E-state index in [0.29, 0.717) is 6.42 Å². The number of rotatable bonds is 5. The van der Waals surface area contributed by atoms with E-state index in [2.05, 4.69) is 5.16 Å². The Balaban J connectivity index is 1.91. The fourth-order valence-corrected chi connectivity index (χ4v) is 1.93. The van der Waals surface area contributed by atoms with Crippen molar-refractivity contribution in [3.8, 4) is 0 Å². The van der Waals surface area contributed by atoms with Crippen LogP contribution < -0.4 is 0 Å². The lowest BCUT2D eigenvalue weighted by Crippen LogP contribution is -2.37. The third kappa shape index (κ3) is 3.34. The average Bonchev–Trinajstić information content (AvgIpc) is 2.94. The third-order valence-corrected chi connectivity index (χ3v) is 3.09. The van der Waals surface area contributed by atoms with E-state index in [1.807, 2.05) is 30.3 Å². The van der Waals surface area contributed by atoms with Gasteiger partial charge in [0, 0.05) is 20.0 Å². The molecule has 106 valence electrons. The van der Waals surface area contributed by atoms with Crippen LogP contribution in [0.1, 0.15) is 18.4 Å². The number of carboxylic acid groups (broad SMARTS) is 1. The molecule has 0 fully saturated rings. The fourth-order valence-electron chi connectivity index (χ4n) is 1.93. The highest BCUT2D eigenvalue weighted by atomic mass is 16.6. The van der Waals surface area contributed by atoms with Gasteiger partial charge in [-0.15, -0.1) is 0 Å². The molecular weight excluding hydrogens is 260 g/mol. The van der Waals surface area contributed by atoms with Crippen molar-refractivity contribution in [1.82, 2.24) is 4.90 Å². The molecule has 1 N–H and O–H groups in total. The molecule has 1 amide bonds. The smallest absolute Gasteiger partial charge is 0.305 e. The molecule has 0 radical (unpaired) electrons. The number of hydrogen-bond donors (Lipinski definition) is 1. The number of oxime groups is 1. The monoisotopic (exact) mass is 276 g/mol. The molecule has 1 aliphatic rings. The zero-order chi connectivity index (χ0) is 14.5. The zero-order valence-electron chi connectivity index (χ0n) is 11.2. The summed E-state index contributed by atoms with van der Waals surface area (Å²) in [5.41, 5.74) is 1.66. The van der Waals surface area contributed by atoms with Gasteiger partial charge in [0.05, 0.1) is 12.1 Å². The molecule has 6 heteroatoms. The summed E-state index contributed by atoms with van der Waals surface area (Å²) in [6.45, 7) is 0.161. The highest BCUT2D eigenvalue weighted by molar-refractivity contribution is 6.04. The second-order valence-electron chi connectivity index (χ2n) is 4.61. The van der Waals surface area contributed by atoms with Gasteiger partial charge in [-0.2, -0.15) is 0 Å². The molecule has 20 heavy (non-hydrogen) atoms. The molecule has 0 saturated heterocycles. The van der Waals surface area contributed by atoms with E-state index in [1.165, 1.54) is 4.90 Å². The van der Waals surface area contributed by atoms with Gasteiger partial charge in [0.2, 0.25) is 6.10 Å². The van der Waals surface area contributed by atoms with Crippen LogP contribution in [-0.4, -0.2) is 47.3 Å². The molecule has 1 unspecified atom stereocenters. The van der Waals surface area contributed by atoms with Gasteiger partial charge in [0.1, 0.15) is 0 Å². The van der Waals surface area contributed by atoms with Crippen molar-refractivity contribution >= 4 is 17.6 Å². The molecule has 0 saturated carbocycles. The van der Waals surface area contributed by atoms with Crippen LogP contribution in [0.25, 0.3) is 0 Å². The van der Waals surface area contributed by atoms with Crippen LogP contribution in [0.4, 0.5) is 0 Å².